The summed E-state index contributed by atoms with van der Waals surface area (Å²) in [5.41, 5.74) is 2.49. The fraction of sp³-hybridized carbons (Fsp3) is 0.0667. The fourth-order valence-corrected chi connectivity index (χ4v) is 2.70. The molecule has 1 aromatic carbocycles. The lowest BCUT2D eigenvalue weighted by Crippen LogP contribution is -2.09. The van der Waals surface area contributed by atoms with Gasteiger partial charge in [-0.05, 0) is 18.6 Å². The Morgan fingerprint density at radius 2 is 2.20 bits per heavy atom. The quantitative estimate of drug-likeness (QED) is 0.582. The summed E-state index contributed by atoms with van der Waals surface area (Å²) in [6.07, 6.45) is 4.86. The number of nitrogens with one attached hydrogen (secondary N) is 2. The number of H-pyrrole nitrogens is 1. The lowest BCUT2D eigenvalue weighted by atomic mass is 10.0. The maximum Gasteiger partial charge on any atom is 0.450 e. The summed E-state index contributed by atoms with van der Waals surface area (Å²) in [5, 5.41) is 9.52. The maximum absolute atomic E-state index is 14.2. The van der Waals surface area contributed by atoms with E-state index in [1.807, 2.05) is 0 Å². The van der Waals surface area contributed by atoms with Crippen molar-refractivity contribution in [2.45, 2.75) is 6.92 Å². The molecule has 0 aliphatic heterocycles. The van der Waals surface area contributed by atoms with Crippen molar-refractivity contribution >= 4 is 28.5 Å². The third-order valence-electron chi connectivity index (χ3n) is 3.84. The van der Waals surface area contributed by atoms with E-state index in [1.54, 1.807) is 23.7 Å². The summed E-state index contributed by atoms with van der Waals surface area (Å²) in [4.78, 5) is 22.3. The molecule has 0 unspecified atom stereocenters. The molecule has 0 aliphatic carbocycles. The van der Waals surface area contributed by atoms with Gasteiger partial charge < -0.3 is 4.40 Å². The highest BCUT2D eigenvalue weighted by Gasteiger charge is 2.16. The summed E-state index contributed by atoms with van der Waals surface area (Å²) < 4.78 is 27.6. The molecule has 2 N–H and O–H groups in total. The molecule has 0 saturated carbocycles. The van der Waals surface area contributed by atoms with Crippen molar-refractivity contribution in [2.24, 2.45) is 0 Å². The van der Waals surface area contributed by atoms with Crippen molar-refractivity contribution in [3.8, 4) is 11.3 Å². The van der Waals surface area contributed by atoms with E-state index in [4.69, 9.17) is 0 Å². The zero-order valence-corrected chi connectivity index (χ0v) is 12.7. The van der Waals surface area contributed by atoms with Crippen LogP contribution < -0.4 is 5.32 Å². The second-order valence-corrected chi connectivity index (χ2v) is 5.34. The average Bonchev–Trinajstić information content (AvgIpc) is 3.21. The zero-order valence-electron chi connectivity index (χ0n) is 12.7. The van der Waals surface area contributed by atoms with Crippen LogP contribution in [0.15, 0.2) is 30.9 Å². The Bertz CT molecular complexity index is 1120. The van der Waals surface area contributed by atoms with Crippen LogP contribution in [0.3, 0.4) is 0 Å². The van der Waals surface area contributed by atoms with Gasteiger partial charge in [0.25, 0.3) is 0 Å². The molecular weight excluding hydrogens is 334 g/mol. The number of rotatable bonds is 2. The second kappa shape index (κ2) is 5.51. The minimum Gasteiger partial charge on any atom is -0.301 e. The standard InChI is InChI=1S/C15H10F2N6O2/c1-7-9(16)2-10-8(3-19-22-10)14(7)11-5-23-6-12(21-15(24)25-17)20-13(23)4-18-11/h2-6H,1H3,(H,19,22)(H,21,24). The van der Waals surface area contributed by atoms with Crippen LogP contribution in [-0.4, -0.2) is 30.7 Å². The highest BCUT2D eigenvalue weighted by atomic mass is 19.3. The normalized spacial score (nSPS) is 11.2. The number of nitrogens with zero attached hydrogens (tertiary/aromatic N) is 4. The highest BCUT2D eigenvalue weighted by Crippen LogP contribution is 2.31. The SMILES string of the molecule is Cc1c(F)cc2[nH]ncc2c1-c1cn2cc(NC(=O)OF)nc2cn1. The number of amides is 1. The Hall–Kier alpha value is -3.56. The number of halogens is 2. The third kappa shape index (κ3) is 2.43. The van der Waals surface area contributed by atoms with Gasteiger partial charge in [-0.25, -0.2) is 19.1 Å². The lowest BCUT2D eigenvalue weighted by Gasteiger charge is -2.08. The first-order valence-corrected chi connectivity index (χ1v) is 7.13. The number of benzene rings is 1. The number of hydrogen-bond donors (Lipinski definition) is 2. The Morgan fingerprint density at radius 1 is 1.36 bits per heavy atom. The molecule has 0 bridgehead atoms. The van der Waals surface area contributed by atoms with Crippen LogP contribution >= 0.6 is 0 Å². The number of carbonyl (C=O) groups is 1. The molecule has 0 atom stereocenters. The van der Waals surface area contributed by atoms with Crippen molar-refractivity contribution < 1.29 is 18.7 Å². The largest absolute Gasteiger partial charge is 0.450 e. The molecule has 0 aliphatic rings. The number of carbonyl (C=O) groups excluding carboxylic acids is 1. The molecule has 8 nitrogen and oxygen atoms in total. The predicted molar refractivity (Wildman–Crippen MR) is 84.0 cm³/mol. The molecule has 0 radical (unpaired) electrons. The fourth-order valence-electron chi connectivity index (χ4n) is 2.70. The Balaban J connectivity index is 1.86. The van der Waals surface area contributed by atoms with E-state index in [0.29, 0.717) is 28.0 Å². The maximum atomic E-state index is 14.2. The van der Waals surface area contributed by atoms with E-state index in [2.05, 4.69) is 30.4 Å². The van der Waals surface area contributed by atoms with Crippen LogP contribution in [-0.2, 0) is 4.94 Å². The molecule has 25 heavy (non-hydrogen) atoms. The first kappa shape index (κ1) is 15.0. The number of anilines is 1. The average molecular weight is 344 g/mol. The number of aromatic amines is 1. The Morgan fingerprint density at radius 3 is 3.00 bits per heavy atom. The molecule has 10 heteroatoms. The van der Waals surface area contributed by atoms with Crippen molar-refractivity contribution in [1.29, 1.82) is 0 Å². The first-order valence-electron chi connectivity index (χ1n) is 7.13. The van der Waals surface area contributed by atoms with Gasteiger partial charge in [-0.3, -0.25) is 15.4 Å². The van der Waals surface area contributed by atoms with E-state index in [-0.39, 0.29) is 11.6 Å². The van der Waals surface area contributed by atoms with Crippen molar-refractivity contribution in [3.05, 3.63) is 42.2 Å². The second-order valence-electron chi connectivity index (χ2n) is 5.34. The van der Waals surface area contributed by atoms with Crippen LogP contribution in [0.25, 0.3) is 27.8 Å². The van der Waals surface area contributed by atoms with E-state index < -0.39 is 6.09 Å². The summed E-state index contributed by atoms with van der Waals surface area (Å²) in [5.74, 6) is -0.293. The number of aromatic nitrogens is 5. The van der Waals surface area contributed by atoms with Crippen LogP contribution in [0.2, 0.25) is 0 Å². The summed E-state index contributed by atoms with van der Waals surface area (Å²) in [6.45, 7) is 1.65. The predicted octanol–water partition coefficient (Wildman–Crippen LogP) is 3.15. The van der Waals surface area contributed by atoms with Gasteiger partial charge in [0.2, 0.25) is 0 Å². The van der Waals surface area contributed by atoms with E-state index >= 15 is 0 Å². The van der Waals surface area contributed by atoms with Crippen LogP contribution in [0.4, 0.5) is 19.5 Å². The van der Waals surface area contributed by atoms with Crippen molar-refractivity contribution in [1.82, 2.24) is 24.6 Å². The molecule has 4 aromatic rings. The van der Waals surface area contributed by atoms with Gasteiger partial charge in [-0.2, -0.15) is 5.10 Å². The van der Waals surface area contributed by atoms with Gasteiger partial charge in [0.15, 0.2) is 11.5 Å². The molecule has 4 rings (SSSR count). The summed E-state index contributed by atoms with van der Waals surface area (Å²) in [6, 6.07) is 1.38. The Kier molecular flexibility index (Phi) is 3.31. The minimum absolute atomic E-state index is 0.0889. The van der Waals surface area contributed by atoms with Crippen LogP contribution in [0.5, 0.6) is 0 Å². The summed E-state index contributed by atoms with van der Waals surface area (Å²) >= 11 is 0. The van der Waals surface area contributed by atoms with Crippen LogP contribution in [0.1, 0.15) is 5.56 Å². The van der Waals surface area contributed by atoms with Gasteiger partial charge in [0.05, 0.1) is 29.8 Å². The minimum atomic E-state index is -1.28. The number of hydrogen-bond acceptors (Lipinski definition) is 5. The first-order chi connectivity index (χ1) is 12.1. The monoisotopic (exact) mass is 344 g/mol. The molecular formula is C15H10F2N6O2. The number of imidazole rings is 1. The smallest absolute Gasteiger partial charge is 0.301 e. The lowest BCUT2D eigenvalue weighted by molar-refractivity contribution is -0.0544. The highest BCUT2D eigenvalue weighted by molar-refractivity contribution is 5.95. The van der Waals surface area contributed by atoms with Crippen molar-refractivity contribution in [3.63, 3.8) is 0 Å². The van der Waals surface area contributed by atoms with E-state index in [0.717, 1.165) is 5.39 Å². The summed E-state index contributed by atoms with van der Waals surface area (Å²) in [7, 11) is 0. The number of fused-ring (bicyclic) bond motifs is 2. The van der Waals surface area contributed by atoms with Gasteiger partial charge >= 0.3 is 6.09 Å². The van der Waals surface area contributed by atoms with Gasteiger partial charge in [-0.15, -0.1) is 0 Å². The van der Waals surface area contributed by atoms with Gasteiger partial charge in [-0.1, -0.05) is 0 Å². The molecule has 1 amide bonds. The van der Waals surface area contributed by atoms with E-state index in [9.17, 15) is 13.7 Å². The molecule has 3 aromatic heterocycles. The molecule has 0 spiro atoms. The molecule has 0 saturated heterocycles. The van der Waals surface area contributed by atoms with E-state index in [1.165, 1.54) is 18.5 Å². The van der Waals surface area contributed by atoms with Crippen LogP contribution in [0, 0.1) is 12.7 Å². The zero-order chi connectivity index (χ0) is 17.6. The molecule has 3 heterocycles. The molecule has 126 valence electrons. The topological polar surface area (TPSA) is 97.2 Å². The Labute approximate surface area is 138 Å². The van der Waals surface area contributed by atoms with Crippen molar-refractivity contribution in [2.75, 3.05) is 5.32 Å². The third-order valence-corrected chi connectivity index (χ3v) is 3.84. The van der Waals surface area contributed by atoms with Gasteiger partial charge in [0.1, 0.15) is 5.82 Å². The molecule has 0 fully saturated rings. The van der Waals surface area contributed by atoms with Gasteiger partial charge in [0, 0.05) is 21.7 Å².